The zero-order chi connectivity index (χ0) is 21.2. The van der Waals surface area contributed by atoms with Crippen LogP contribution in [0.4, 0.5) is 18.9 Å². The zero-order valence-electron chi connectivity index (χ0n) is 16.0. The molecule has 0 radical (unpaired) electrons. The molecule has 1 fully saturated rings. The molecular weight excluding hydrogens is 403 g/mol. The van der Waals surface area contributed by atoms with Crippen LogP contribution in [0.2, 0.25) is 5.02 Å². The van der Waals surface area contributed by atoms with E-state index in [1.165, 1.54) is 6.07 Å². The number of carbonyl (C=O) groups excluding carboxylic acids is 1. The van der Waals surface area contributed by atoms with Crippen molar-refractivity contribution >= 4 is 23.2 Å². The minimum absolute atomic E-state index is 0.0658. The highest BCUT2D eigenvalue weighted by atomic mass is 35.5. The van der Waals surface area contributed by atoms with Crippen LogP contribution in [0.1, 0.15) is 16.7 Å². The fourth-order valence-corrected chi connectivity index (χ4v) is 3.71. The molecule has 3 rings (SSSR count). The van der Waals surface area contributed by atoms with Crippen molar-refractivity contribution in [1.29, 1.82) is 0 Å². The standard InChI is InChI=1S/C21H23ClF3N3O/c1-14-5-6-17(22)13-19(14)27-7-9-28(10-8-27)20(29)18(26)12-15-3-2-4-16(11-15)21(23,24)25/h2-6,11,13,18H,7-10,12,26H2,1H3. The van der Waals surface area contributed by atoms with Crippen molar-refractivity contribution in [3.8, 4) is 0 Å². The number of anilines is 1. The van der Waals surface area contributed by atoms with Crippen LogP contribution in [-0.4, -0.2) is 43.0 Å². The van der Waals surface area contributed by atoms with Gasteiger partial charge in [0.25, 0.3) is 0 Å². The molecule has 1 aliphatic rings. The SMILES string of the molecule is Cc1ccc(Cl)cc1N1CCN(C(=O)C(N)Cc2cccc(C(F)(F)F)c2)CC1. The third kappa shape index (κ3) is 5.22. The summed E-state index contributed by atoms with van der Waals surface area (Å²) in [5, 5.41) is 0.659. The second kappa shape index (κ2) is 8.63. The van der Waals surface area contributed by atoms with Gasteiger partial charge in [-0.15, -0.1) is 0 Å². The van der Waals surface area contributed by atoms with Gasteiger partial charge in [0, 0.05) is 36.9 Å². The molecule has 0 bridgehead atoms. The molecular formula is C21H23ClF3N3O. The summed E-state index contributed by atoms with van der Waals surface area (Å²) in [6, 6.07) is 9.78. The number of nitrogens with zero attached hydrogens (tertiary/aromatic N) is 2. The van der Waals surface area contributed by atoms with Gasteiger partial charge < -0.3 is 15.5 Å². The number of carbonyl (C=O) groups is 1. The Morgan fingerprint density at radius 3 is 2.48 bits per heavy atom. The molecule has 1 heterocycles. The minimum atomic E-state index is -4.42. The molecule has 0 saturated carbocycles. The normalized spacial score (nSPS) is 16.1. The van der Waals surface area contributed by atoms with E-state index in [2.05, 4.69) is 4.90 Å². The van der Waals surface area contributed by atoms with Crippen LogP contribution in [0.25, 0.3) is 0 Å². The highest BCUT2D eigenvalue weighted by molar-refractivity contribution is 6.30. The molecule has 2 N–H and O–H groups in total. The molecule has 156 valence electrons. The number of benzene rings is 2. The number of aryl methyl sites for hydroxylation is 1. The number of piperazine rings is 1. The van der Waals surface area contributed by atoms with Gasteiger partial charge >= 0.3 is 6.18 Å². The van der Waals surface area contributed by atoms with Gasteiger partial charge in [-0.1, -0.05) is 35.9 Å². The van der Waals surface area contributed by atoms with Crippen LogP contribution < -0.4 is 10.6 Å². The topological polar surface area (TPSA) is 49.6 Å². The van der Waals surface area contributed by atoms with Crippen LogP contribution in [-0.2, 0) is 17.4 Å². The van der Waals surface area contributed by atoms with Gasteiger partial charge in [0.05, 0.1) is 11.6 Å². The Morgan fingerprint density at radius 1 is 1.14 bits per heavy atom. The molecule has 29 heavy (non-hydrogen) atoms. The maximum Gasteiger partial charge on any atom is 0.416 e. The maximum absolute atomic E-state index is 12.9. The first kappa shape index (κ1) is 21.5. The van der Waals surface area contributed by atoms with Crippen molar-refractivity contribution in [3.63, 3.8) is 0 Å². The first-order chi connectivity index (χ1) is 13.6. The van der Waals surface area contributed by atoms with Gasteiger partial charge in [-0.25, -0.2) is 0 Å². The molecule has 1 atom stereocenters. The number of hydrogen-bond acceptors (Lipinski definition) is 3. The number of halogens is 4. The predicted molar refractivity (Wildman–Crippen MR) is 108 cm³/mol. The highest BCUT2D eigenvalue weighted by Gasteiger charge is 2.31. The Morgan fingerprint density at radius 2 is 1.83 bits per heavy atom. The molecule has 4 nitrogen and oxygen atoms in total. The maximum atomic E-state index is 12.9. The summed E-state index contributed by atoms with van der Waals surface area (Å²) >= 11 is 6.09. The number of amides is 1. The summed E-state index contributed by atoms with van der Waals surface area (Å²) in [5.41, 5.74) is 7.83. The largest absolute Gasteiger partial charge is 0.416 e. The van der Waals surface area contributed by atoms with Crippen LogP contribution in [0.15, 0.2) is 42.5 Å². The van der Waals surface area contributed by atoms with E-state index in [0.717, 1.165) is 23.4 Å². The second-order valence-electron chi connectivity index (χ2n) is 7.25. The van der Waals surface area contributed by atoms with Crippen molar-refractivity contribution in [2.24, 2.45) is 5.73 Å². The summed E-state index contributed by atoms with van der Waals surface area (Å²) in [6.45, 7) is 4.29. The smallest absolute Gasteiger partial charge is 0.368 e. The molecule has 2 aromatic carbocycles. The zero-order valence-corrected chi connectivity index (χ0v) is 16.8. The molecule has 1 unspecified atom stereocenters. The van der Waals surface area contributed by atoms with Gasteiger partial charge in [-0.2, -0.15) is 13.2 Å². The van der Waals surface area contributed by atoms with Crippen molar-refractivity contribution in [1.82, 2.24) is 4.90 Å². The Kier molecular flexibility index (Phi) is 6.39. The number of nitrogens with two attached hydrogens (primary N) is 1. The molecule has 0 aliphatic carbocycles. The number of alkyl halides is 3. The van der Waals surface area contributed by atoms with Crippen LogP contribution in [0, 0.1) is 6.92 Å². The summed E-state index contributed by atoms with van der Waals surface area (Å²) in [4.78, 5) is 16.5. The van der Waals surface area contributed by atoms with E-state index in [0.29, 0.717) is 36.8 Å². The quantitative estimate of drug-likeness (QED) is 0.808. The Labute approximate surface area is 173 Å². The molecule has 1 saturated heterocycles. The lowest BCUT2D eigenvalue weighted by molar-refractivity contribution is -0.137. The van der Waals surface area contributed by atoms with Gasteiger partial charge in [0.2, 0.25) is 5.91 Å². The lowest BCUT2D eigenvalue weighted by atomic mass is 10.0. The lowest BCUT2D eigenvalue weighted by Gasteiger charge is -2.37. The van der Waals surface area contributed by atoms with Crippen molar-refractivity contribution < 1.29 is 18.0 Å². The average Bonchev–Trinajstić information content (AvgIpc) is 2.69. The molecule has 2 aromatic rings. The fourth-order valence-electron chi connectivity index (χ4n) is 3.54. The van der Waals surface area contributed by atoms with Gasteiger partial charge in [-0.05, 0) is 42.7 Å². The Balaban J connectivity index is 1.60. The minimum Gasteiger partial charge on any atom is -0.368 e. The fraction of sp³-hybridized carbons (Fsp3) is 0.381. The molecule has 1 amide bonds. The monoisotopic (exact) mass is 425 g/mol. The summed E-state index contributed by atoms with van der Waals surface area (Å²) in [5.74, 6) is -0.245. The summed E-state index contributed by atoms with van der Waals surface area (Å²) < 4.78 is 38.6. The Hall–Kier alpha value is -2.25. The van der Waals surface area contributed by atoms with Crippen molar-refractivity contribution in [3.05, 3.63) is 64.2 Å². The van der Waals surface area contributed by atoms with Crippen molar-refractivity contribution in [2.45, 2.75) is 25.6 Å². The molecule has 0 spiro atoms. The molecule has 0 aromatic heterocycles. The van der Waals surface area contributed by atoms with Gasteiger partial charge in [0.15, 0.2) is 0 Å². The number of hydrogen-bond donors (Lipinski definition) is 1. The second-order valence-corrected chi connectivity index (χ2v) is 7.69. The van der Waals surface area contributed by atoms with E-state index in [-0.39, 0.29) is 12.3 Å². The van der Waals surface area contributed by atoms with Crippen LogP contribution in [0.3, 0.4) is 0 Å². The molecule has 8 heteroatoms. The van der Waals surface area contributed by atoms with E-state index < -0.39 is 17.8 Å². The third-order valence-electron chi connectivity index (χ3n) is 5.13. The number of rotatable bonds is 4. The molecule has 1 aliphatic heterocycles. The lowest BCUT2D eigenvalue weighted by Crippen LogP contribution is -2.53. The van der Waals surface area contributed by atoms with Crippen LogP contribution in [0.5, 0.6) is 0 Å². The third-order valence-corrected chi connectivity index (χ3v) is 5.37. The summed E-state index contributed by atoms with van der Waals surface area (Å²) in [7, 11) is 0. The van der Waals surface area contributed by atoms with E-state index >= 15 is 0 Å². The first-order valence-electron chi connectivity index (χ1n) is 9.37. The first-order valence-corrected chi connectivity index (χ1v) is 9.74. The predicted octanol–water partition coefficient (Wildman–Crippen LogP) is 3.89. The van der Waals surface area contributed by atoms with E-state index in [9.17, 15) is 18.0 Å². The highest BCUT2D eigenvalue weighted by Crippen LogP contribution is 2.30. The van der Waals surface area contributed by atoms with Gasteiger partial charge in [0.1, 0.15) is 0 Å². The van der Waals surface area contributed by atoms with E-state index in [4.69, 9.17) is 17.3 Å². The van der Waals surface area contributed by atoms with E-state index in [1.807, 2.05) is 25.1 Å². The van der Waals surface area contributed by atoms with E-state index in [1.54, 1.807) is 11.0 Å². The Bertz CT molecular complexity index is 880. The van der Waals surface area contributed by atoms with Crippen LogP contribution >= 0.6 is 11.6 Å². The van der Waals surface area contributed by atoms with Crippen molar-refractivity contribution in [2.75, 3.05) is 31.1 Å². The average molecular weight is 426 g/mol. The summed E-state index contributed by atoms with van der Waals surface area (Å²) in [6.07, 6.45) is -4.35. The van der Waals surface area contributed by atoms with Gasteiger partial charge in [-0.3, -0.25) is 4.79 Å².